The van der Waals surface area contributed by atoms with Gasteiger partial charge in [-0.05, 0) is 68.9 Å². The van der Waals surface area contributed by atoms with Gasteiger partial charge in [-0.3, -0.25) is 0 Å². The molecule has 0 atom stereocenters. The average molecular weight is 440 g/mol. The molecule has 0 radical (unpaired) electrons. The lowest BCUT2D eigenvalue weighted by atomic mass is 9.71. The first kappa shape index (κ1) is 21.3. The van der Waals surface area contributed by atoms with E-state index in [2.05, 4.69) is 69.9 Å². The first-order valence-corrected chi connectivity index (χ1v) is 11.5. The van der Waals surface area contributed by atoms with Gasteiger partial charge in [-0.15, -0.1) is 0 Å². The minimum absolute atomic E-state index is 0.356. The topological polar surface area (TPSA) is 67.0 Å². The molecule has 33 heavy (non-hydrogen) atoms. The normalized spacial score (nSPS) is 15.1. The maximum absolute atomic E-state index is 12.5. The van der Waals surface area contributed by atoms with Crippen molar-refractivity contribution in [1.82, 2.24) is 15.3 Å². The van der Waals surface area contributed by atoms with Crippen LogP contribution in [0, 0.1) is 0 Å². The van der Waals surface area contributed by atoms with Crippen molar-refractivity contribution < 1.29 is 9.53 Å². The maximum atomic E-state index is 12.5. The molecule has 5 nitrogen and oxygen atoms in total. The number of H-pyrrole nitrogens is 1. The number of hydrogen-bond acceptors (Lipinski definition) is 3. The number of carbonyl (C=O) groups excluding carboxylic acids is 1. The Hall–Kier alpha value is -3.60. The number of hydrogen-bond donors (Lipinski definition) is 2. The van der Waals surface area contributed by atoms with E-state index in [0.717, 1.165) is 58.2 Å². The molecule has 4 aromatic rings. The molecule has 1 amide bonds. The molecule has 0 unspecified atom stereocenters. The van der Waals surface area contributed by atoms with Crippen molar-refractivity contribution in [3.8, 4) is 22.4 Å². The number of pyridine rings is 1. The standard InChI is InChI=1S/C28H29N3O2/c1-27(2,3)33-26(32)31-28(16-8-17-28)21-14-12-20(13-15-21)24-23(19-9-5-4-6-10-19)22-11-7-18-29-25(22)30-24/h4-7,9-15,18H,8,16-17H2,1-3H3,(H,29,30)(H,31,32). The summed E-state index contributed by atoms with van der Waals surface area (Å²) in [6.07, 6.45) is 4.36. The van der Waals surface area contributed by atoms with E-state index in [1.54, 1.807) is 0 Å². The highest BCUT2D eigenvalue weighted by molar-refractivity contribution is 6.02. The van der Waals surface area contributed by atoms with Gasteiger partial charge in [-0.2, -0.15) is 0 Å². The molecular weight excluding hydrogens is 410 g/mol. The number of carbonyl (C=O) groups is 1. The van der Waals surface area contributed by atoms with E-state index in [1.165, 1.54) is 0 Å². The van der Waals surface area contributed by atoms with Crippen LogP contribution in [-0.4, -0.2) is 21.7 Å². The molecule has 0 aliphatic heterocycles. The molecule has 0 spiro atoms. The number of amides is 1. The number of benzene rings is 2. The Morgan fingerprint density at radius 3 is 2.33 bits per heavy atom. The van der Waals surface area contributed by atoms with Crippen LogP contribution in [0.25, 0.3) is 33.4 Å². The van der Waals surface area contributed by atoms with Crippen molar-refractivity contribution in [2.24, 2.45) is 0 Å². The lowest BCUT2D eigenvalue weighted by Crippen LogP contribution is -2.52. The third kappa shape index (κ3) is 4.11. The molecule has 1 aliphatic carbocycles. The van der Waals surface area contributed by atoms with Crippen molar-refractivity contribution in [3.63, 3.8) is 0 Å². The summed E-state index contributed by atoms with van der Waals surface area (Å²) in [5.74, 6) is 0. The van der Waals surface area contributed by atoms with Crippen LogP contribution >= 0.6 is 0 Å². The van der Waals surface area contributed by atoms with Crippen molar-refractivity contribution >= 4 is 17.1 Å². The second-order valence-electron chi connectivity index (χ2n) is 9.78. The SMILES string of the molecule is CC(C)(C)OC(=O)NC1(c2ccc(-c3[nH]c4ncccc4c3-c3ccccc3)cc2)CCC1. The number of ether oxygens (including phenoxy) is 1. The predicted molar refractivity (Wildman–Crippen MR) is 132 cm³/mol. The van der Waals surface area contributed by atoms with E-state index in [4.69, 9.17) is 4.74 Å². The number of rotatable bonds is 4. The van der Waals surface area contributed by atoms with E-state index >= 15 is 0 Å². The monoisotopic (exact) mass is 439 g/mol. The molecule has 5 heteroatoms. The summed E-state index contributed by atoms with van der Waals surface area (Å²) in [6, 6.07) is 23.0. The van der Waals surface area contributed by atoms with Gasteiger partial charge in [0.15, 0.2) is 0 Å². The number of aromatic nitrogens is 2. The minimum atomic E-state index is -0.517. The number of aromatic amines is 1. The highest BCUT2D eigenvalue weighted by Crippen LogP contribution is 2.43. The van der Waals surface area contributed by atoms with E-state index in [0.29, 0.717) is 0 Å². The van der Waals surface area contributed by atoms with Crippen LogP contribution in [0.4, 0.5) is 4.79 Å². The number of nitrogens with zero attached hydrogens (tertiary/aromatic N) is 1. The fourth-order valence-electron chi connectivity index (χ4n) is 4.61. The third-order valence-electron chi connectivity index (χ3n) is 6.31. The summed E-state index contributed by atoms with van der Waals surface area (Å²) in [5.41, 5.74) is 5.54. The van der Waals surface area contributed by atoms with Crippen LogP contribution in [0.3, 0.4) is 0 Å². The molecule has 0 saturated heterocycles. The van der Waals surface area contributed by atoms with E-state index < -0.39 is 5.60 Å². The molecule has 2 aromatic heterocycles. The summed E-state index contributed by atoms with van der Waals surface area (Å²) >= 11 is 0. The quantitative estimate of drug-likeness (QED) is 0.367. The van der Waals surface area contributed by atoms with Crippen LogP contribution in [0.5, 0.6) is 0 Å². The Morgan fingerprint density at radius 2 is 1.70 bits per heavy atom. The third-order valence-corrected chi connectivity index (χ3v) is 6.31. The molecule has 168 valence electrons. The van der Waals surface area contributed by atoms with Gasteiger partial charge in [0.2, 0.25) is 0 Å². The van der Waals surface area contributed by atoms with Gasteiger partial charge >= 0.3 is 6.09 Å². The summed E-state index contributed by atoms with van der Waals surface area (Å²) < 4.78 is 5.52. The second kappa shape index (κ2) is 8.07. The molecule has 2 heterocycles. The number of nitrogens with one attached hydrogen (secondary N) is 2. The van der Waals surface area contributed by atoms with E-state index in [-0.39, 0.29) is 11.6 Å². The second-order valence-corrected chi connectivity index (χ2v) is 9.78. The molecule has 1 fully saturated rings. The van der Waals surface area contributed by atoms with Crippen LogP contribution < -0.4 is 5.32 Å². The van der Waals surface area contributed by atoms with E-state index in [1.807, 2.05) is 39.1 Å². The smallest absolute Gasteiger partial charge is 0.408 e. The predicted octanol–water partition coefficient (Wildman–Crippen LogP) is 6.80. The molecule has 2 N–H and O–H groups in total. The highest BCUT2D eigenvalue weighted by atomic mass is 16.6. The minimum Gasteiger partial charge on any atom is -0.444 e. The molecule has 1 saturated carbocycles. The van der Waals surface area contributed by atoms with Gasteiger partial charge in [0, 0.05) is 17.1 Å². The maximum Gasteiger partial charge on any atom is 0.408 e. The average Bonchev–Trinajstić information content (AvgIpc) is 3.15. The van der Waals surface area contributed by atoms with Gasteiger partial charge in [0.05, 0.1) is 11.2 Å². The first-order valence-electron chi connectivity index (χ1n) is 11.5. The van der Waals surface area contributed by atoms with Crippen LogP contribution in [0.1, 0.15) is 45.6 Å². The zero-order valence-electron chi connectivity index (χ0n) is 19.3. The van der Waals surface area contributed by atoms with Crippen molar-refractivity contribution in [3.05, 3.63) is 78.5 Å². The Morgan fingerprint density at radius 1 is 0.970 bits per heavy atom. The summed E-state index contributed by atoms with van der Waals surface area (Å²) in [5, 5.41) is 4.24. The van der Waals surface area contributed by atoms with Crippen LogP contribution in [0.2, 0.25) is 0 Å². The number of fused-ring (bicyclic) bond motifs is 1. The lowest BCUT2D eigenvalue weighted by Gasteiger charge is -2.43. The molecule has 1 aliphatic rings. The first-order chi connectivity index (χ1) is 15.8. The molecule has 2 aromatic carbocycles. The Labute approximate surface area is 194 Å². The summed E-state index contributed by atoms with van der Waals surface area (Å²) in [7, 11) is 0. The Balaban J connectivity index is 1.50. The van der Waals surface area contributed by atoms with Crippen molar-refractivity contribution in [1.29, 1.82) is 0 Å². The lowest BCUT2D eigenvalue weighted by molar-refractivity contribution is 0.0377. The zero-order valence-corrected chi connectivity index (χ0v) is 19.3. The highest BCUT2D eigenvalue weighted by Gasteiger charge is 2.41. The Kier molecular flexibility index (Phi) is 5.20. The largest absolute Gasteiger partial charge is 0.444 e. The van der Waals surface area contributed by atoms with Gasteiger partial charge in [0.1, 0.15) is 11.2 Å². The summed E-state index contributed by atoms with van der Waals surface area (Å²) in [6.45, 7) is 5.65. The number of alkyl carbamates (subject to hydrolysis) is 1. The van der Waals surface area contributed by atoms with Crippen molar-refractivity contribution in [2.75, 3.05) is 0 Å². The fraction of sp³-hybridized carbons (Fsp3) is 0.286. The van der Waals surface area contributed by atoms with E-state index in [9.17, 15) is 4.79 Å². The van der Waals surface area contributed by atoms with Crippen molar-refractivity contribution in [2.45, 2.75) is 51.2 Å². The van der Waals surface area contributed by atoms with Gasteiger partial charge in [-0.1, -0.05) is 54.6 Å². The van der Waals surface area contributed by atoms with Crippen LogP contribution in [-0.2, 0) is 10.3 Å². The molecular formula is C28H29N3O2. The van der Waals surface area contributed by atoms with Crippen LogP contribution in [0.15, 0.2) is 72.9 Å². The summed E-state index contributed by atoms with van der Waals surface area (Å²) in [4.78, 5) is 20.5. The molecule has 5 rings (SSSR count). The molecule has 0 bridgehead atoms. The van der Waals surface area contributed by atoms with Gasteiger partial charge in [-0.25, -0.2) is 9.78 Å². The fourth-order valence-corrected chi connectivity index (χ4v) is 4.61. The van der Waals surface area contributed by atoms with Gasteiger partial charge < -0.3 is 15.0 Å². The Bertz CT molecular complexity index is 1280. The zero-order chi connectivity index (χ0) is 23.1. The van der Waals surface area contributed by atoms with Gasteiger partial charge in [0.25, 0.3) is 0 Å².